The van der Waals surface area contributed by atoms with E-state index in [2.05, 4.69) is 17.4 Å². The molecule has 0 aliphatic heterocycles. The van der Waals surface area contributed by atoms with Gasteiger partial charge >= 0.3 is 0 Å². The van der Waals surface area contributed by atoms with Crippen LogP contribution in [0.3, 0.4) is 0 Å². The molecule has 4 nitrogen and oxygen atoms in total. The van der Waals surface area contributed by atoms with Gasteiger partial charge in [0, 0.05) is 12.1 Å². The van der Waals surface area contributed by atoms with Gasteiger partial charge in [-0.2, -0.15) is 0 Å². The molecule has 0 heterocycles. The lowest BCUT2D eigenvalue weighted by molar-refractivity contribution is -0.384. The van der Waals surface area contributed by atoms with Crippen molar-refractivity contribution in [3.63, 3.8) is 0 Å². The quantitative estimate of drug-likeness (QED) is 0.379. The molecule has 12 heavy (non-hydrogen) atoms. The number of non-ortho nitro benzene ring substituents is 1. The van der Waals surface area contributed by atoms with Crippen molar-refractivity contribution < 1.29 is 4.92 Å². The van der Waals surface area contributed by atoms with E-state index in [0.29, 0.717) is 5.69 Å². The normalized spacial score (nSPS) is 8.67. The third-order valence-corrected chi connectivity index (χ3v) is 1.27. The Balaban J connectivity index is 3.00. The highest BCUT2D eigenvalue weighted by Gasteiger charge is 2.02. The number of hydrogen-bond donors (Lipinski definition) is 0. The Kier molecular flexibility index (Phi) is 2.35. The average molecular weight is 162 g/mol. The second kappa shape index (κ2) is 3.46. The maximum atomic E-state index is 10.2. The van der Waals surface area contributed by atoms with E-state index in [1.807, 2.05) is 0 Å². The number of benzene rings is 1. The molecule has 1 aromatic rings. The molecular formula is C8H6N2O2. The summed E-state index contributed by atoms with van der Waals surface area (Å²) in [6.07, 6.45) is 0. The van der Waals surface area contributed by atoms with E-state index < -0.39 is 4.92 Å². The lowest BCUT2D eigenvalue weighted by Crippen LogP contribution is -1.85. The molecule has 0 bridgehead atoms. The minimum Gasteiger partial charge on any atom is -0.258 e. The molecule has 0 saturated heterocycles. The number of rotatable bonds is 2. The molecule has 0 spiro atoms. The second-order valence-electron chi connectivity index (χ2n) is 2.04. The van der Waals surface area contributed by atoms with Gasteiger partial charge in [0.2, 0.25) is 0 Å². The van der Waals surface area contributed by atoms with Crippen molar-refractivity contribution >= 4 is 17.2 Å². The van der Waals surface area contributed by atoms with Crippen LogP contribution in [0.1, 0.15) is 0 Å². The zero-order valence-electron chi connectivity index (χ0n) is 6.23. The van der Waals surface area contributed by atoms with Crippen molar-refractivity contribution in [3.05, 3.63) is 41.0 Å². The van der Waals surface area contributed by atoms with E-state index in [4.69, 9.17) is 0 Å². The fourth-order valence-corrected chi connectivity index (χ4v) is 0.740. The van der Waals surface area contributed by atoms with Crippen LogP contribution in [0.5, 0.6) is 0 Å². The fraction of sp³-hybridized carbons (Fsp3) is 0. The van der Waals surface area contributed by atoms with Crippen LogP contribution in [-0.2, 0) is 0 Å². The highest BCUT2D eigenvalue weighted by Crippen LogP contribution is 2.16. The summed E-state index contributed by atoms with van der Waals surface area (Å²) in [7, 11) is 0. The molecule has 1 aromatic carbocycles. The maximum absolute atomic E-state index is 10.2. The van der Waals surface area contributed by atoms with Crippen LogP contribution in [0.25, 0.3) is 0 Å². The molecule has 0 saturated carbocycles. The summed E-state index contributed by atoms with van der Waals surface area (Å²) in [5.74, 6) is 2.34. The van der Waals surface area contributed by atoms with Gasteiger partial charge in [-0.15, -0.1) is 0 Å². The smallest absolute Gasteiger partial charge is 0.258 e. The molecule has 0 aliphatic rings. The largest absolute Gasteiger partial charge is 0.269 e. The van der Waals surface area contributed by atoms with Crippen molar-refractivity contribution in [3.8, 4) is 0 Å². The Hall–Kier alpha value is -1.93. The van der Waals surface area contributed by atoms with Gasteiger partial charge in [0.25, 0.3) is 5.69 Å². The SMILES string of the molecule is C=C=Nc1ccc([N+](=O)[O-])cc1. The number of nitrogens with zero attached hydrogens (tertiary/aromatic N) is 2. The van der Waals surface area contributed by atoms with E-state index in [1.165, 1.54) is 24.3 Å². The molecule has 0 aromatic heterocycles. The number of aliphatic imine (C=N–C) groups is 1. The van der Waals surface area contributed by atoms with Crippen LogP contribution >= 0.6 is 0 Å². The van der Waals surface area contributed by atoms with E-state index in [9.17, 15) is 10.1 Å². The lowest BCUT2D eigenvalue weighted by Gasteiger charge is -1.90. The molecule has 0 atom stereocenters. The summed E-state index contributed by atoms with van der Waals surface area (Å²) in [6, 6.07) is 5.85. The molecule has 0 amide bonds. The molecule has 60 valence electrons. The zero-order valence-corrected chi connectivity index (χ0v) is 6.23. The van der Waals surface area contributed by atoms with Crippen molar-refractivity contribution in [1.82, 2.24) is 0 Å². The van der Waals surface area contributed by atoms with Gasteiger partial charge in [-0.25, -0.2) is 4.99 Å². The Bertz CT molecular complexity index is 316. The van der Waals surface area contributed by atoms with Crippen LogP contribution < -0.4 is 0 Å². The molecule has 0 fully saturated rings. The van der Waals surface area contributed by atoms with Gasteiger partial charge in [-0.3, -0.25) is 10.1 Å². The summed E-state index contributed by atoms with van der Waals surface area (Å²) < 4.78 is 0. The summed E-state index contributed by atoms with van der Waals surface area (Å²) in [6.45, 7) is 3.29. The topological polar surface area (TPSA) is 55.5 Å². The first-order valence-corrected chi connectivity index (χ1v) is 3.21. The lowest BCUT2D eigenvalue weighted by atomic mass is 10.3. The van der Waals surface area contributed by atoms with Crippen molar-refractivity contribution in [1.29, 1.82) is 0 Å². The molecule has 0 aliphatic carbocycles. The predicted octanol–water partition coefficient (Wildman–Crippen LogP) is 2.08. The van der Waals surface area contributed by atoms with E-state index in [-0.39, 0.29) is 5.69 Å². The maximum Gasteiger partial charge on any atom is 0.269 e. The monoisotopic (exact) mass is 162 g/mol. The zero-order chi connectivity index (χ0) is 8.97. The second-order valence-corrected chi connectivity index (χ2v) is 2.04. The Morgan fingerprint density at radius 2 is 2.00 bits per heavy atom. The minimum atomic E-state index is -0.457. The third-order valence-electron chi connectivity index (χ3n) is 1.27. The summed E-state index contributed by atoms with van der Waals surface area (Å²) in [5, 5.41) is 10.2. The predicted molar refractivity (Wildman–Crippen MR) is 45.8 cm³/mol. The first-order chi connectivity index (χ1) is 5.74. The third kappa shape index (κ3) is 1.78. The van der Waals surface area contributed by atoms with Crippen LogP contribution in [0.2, 0.25) is 0 Å². The van der Waals surface area contributed by atoms with Crippen molar-refractivity contribution in [2.45, 2.75) is 0 Å². The van der Waals surface area contributed by atoms with Gasteiger partial charge < -0.3 is 0 Å². The summed E-state index contributed by atoms with van der Waals surface area (Å²) in [4.78, 5) is 13.5. The van der Waals surface area contributed by atoms with Gasteiger partial charge in [-0.1, -0.05) is 0 Å². The van der Waals surface area contributed by atoms with E-state index in [1.54, 1.807) is 0 Å². The number of hydrogen-bond acceptors (Lipinski definition) is 3. The van der Waals surface area contributed by atoms with Crippen LogP contribution in [0.15, 0.2) is 35.8 Å². The Morgan fingerprint density at radius 1 is 1.42 bits per heavy atom. The summed E-state index contributed by atoms with van der Waals surface area (Å²) >= 11 is 0. The number of nitro benzene ring substituents is 1. The highest BCUT2D eigenvalue weighted by molar-refractivity contribution is 5.56. The van der Waals surface area contributed by atoms with Crippen LogP contribution in [0, 0.1) is 10.1 Å². The average Bonchev–Trinajstić information content (AvgIpc) is 2.06. The molecule has 0 unspecified atom stereocenters. The Labute approximate surface area is 69.0 Å². The first-order valence-electron chi connectivity index (χ1n) is 3.21. The molecule has 0 radical (unpaired) electrons. The van der Waals surface area contributed by atoms with Gasteiger partial charge in [-0.05, 0) is 24.6 Å². The standard InChI is InChI=1S/C8H6N2O2/c1-2-9-7-3-5-8(6-4-7)10(11)12/h3-6H,1H2. The molecule has 4 heteroatoms. The fourth-order valence-electron chi connectivity index (χ4n) is 0.740. The van der Waals surface area contributed by atoms with Gasteiger partial charge in [0.15, 0.2) is 0 Å². The first kappa shape index (κ1) is 8.17. The van der Waals surface area contributed by atoms with E-state index in [0.717, 1.165) is 0 Å². The molecule has 1 rings (SSSR count). The van der Waals surface area contributed by atoms with Gasteiger partial charge in [0.1, 0.15) is 0 Å². The van der Waals surface area contributed by atoms with Crippen molar-refractivity contribution in [2.75, 3.05) is 0 Å². The minimum absolute atomic E-state index is 0.0537. The molecular weight excluding hydrogens is 156 g/mol. The number of nitro groups is 1. The summed E-state index contributed by atoms with van der Waals surface area (Å²) in [5.41, 5.74) is 0.661. The van der Waals surface area contributed by atoms with Crippen LogP contribution in [-0.4, -0.2) is 10.8 Å². The van der Waals surface area contributed by atoms with Gasteiger partial charge in [0.05, 0.1) is 10.6 Å². The van der Waals surface area contributed by atoms with Crippen LogP contribution in [0.4, 0.5) is 11.4 Å². The highest BCUT2D eigenvalue weighted by atomic mass is 16.6. The van der Waals surface area contributed by atoms with E-state index >= 15 is 0 Å². The molecule has 0 N–H and O–H groups in total. The van der Waals surface area contributed by atoms with Crippen molar-refractivity contribution in [2.24, 2.45) is 4.99 Å². The Morgan fingerprint density at radius 3 is 2.42 bits per heavy atom.